The van der Waals surface area contributed by atoms with Gasteiger partial charge in [0.15, 0.2) is 0 Å². The molecule has 0 bridgehead atoms. The monoisotopic (exact) mass is 1270 g/mol. The molecule has 1 aromatic rings. The summed E-state index contributed by atoms with van der Waals surface area (Å²) in [6.45, 7) is 7.95. The van der Waals surface area contributed by atoms with Crippen LogP contribution in [0.5, 0.6) is 5.75 Å². The Balaban J connectivity index is 2.01. The first-order chi connectivity index (χ1) is 41.2. The lowest BCUT2D eigenvalue weighted by Gasteiger charge is -2.33. The molecule has 2 saturated heterocycles. The van der Waals surface area contributed by atoms with E-state index in [1.807, 2.05) is 0 Å². The fourth-order valence-electron chi connectivity index (χ4n) is 9.64. The summed E-state index contributed by atoms with van der Waals surface area (Å²) in [5.41, 5.74) is 11.5. The van der Waals surface area contributed by atoms with Gasteiger partial charge in [0, 0.05) is 45.2 Å². The van der Waals surface area contributed by atoms with Gasteiger partial charge in [-0.25, -0.2) is 4.57 Å². The molecule has 33 nitrogen and oxygen atoms in total. The zero-order chi connectivity index (χ0) is 66.3. The standard InChI is InChI=1S/C54H82N11O22P/c1-6-27(3)43(51(79)57-29(5)54(82)83)62-50(78)38-11-9-25-65(38)53(81)44(28(4)7-2)63-47(75)35(19-23-42(71)72)58-45(73)34(18-22-41(69)70)59-48(76)36(26-30-12-14-31(15-13-30)87-88(84,85)86)61-46(74)33(17-20-39(56)66)60-49(77)37-10-8-24-64(37)52(80)32(55)16-21-40(67)68/h12-15,27-29,32-38,43-44H,6-11,16-26,55H2,1-5H3,(H2,56,66)(H,57,79)(H,58,73)(H,59,76)(H,60,77)(H,61,74)(H,62,78)(H,63,75)(H,67,68)(H,69,70)(H,71,72)(H,82,83)(H2,84,85,86)/t27-,28-,29-,32-,33-,34-,35-,36-,37-,38-,43-,44-/m0/s1. The highest BCUT2D eigenvalue weighted by atomic mass is 31.2. The van der Waals surface area contributed by atoms with Crippen LogP contribution in [0.2, 0.25) is 0 Å². The molecule has 2 aliphatic rings. The van der Waals surface area contributed by atoms with E-state index in [1.54, 1.807) is 27.7 Å². The van der Waals surface area contributed by atoms with Crippen molar-refractivity contribution in [1.82, 2.24) is 47.0 Å². The minimum absolute atomic E-state index is 0.0102. The maximum absolute atomic E-state index is 14.6. The molecule has 0 saturated carbocycles. The number of benzene rings is 1. The number of primary amides is 1. The number of amides is 10. The van der Waals surface area contributed by atoms with Crippen molar-refractivity contribution in [2.75, 3.05) is 13.1 Å². The van der Waals surface area contributed by atoms with Crippen LogP contribution in [0.3, 0.4) is 0 Å². The quantitative estimate of drug-likeness (QED) is 0.0305. The van der Waals surface area contributed by atoms with E-state index in [1.165, 1.54) is 24.0 Å². The Hall–Kier alpha value is -8.29. The second-order valence-electron chi connectivity index (χ2n) is 21.8. The lowest BCUT2D eigenvalue weighted by Crippen LogP contribution is -2.61. The van der Waals surface area contributed by atoms with Crippen LogP contribution in [0.15, 0.2) is 24.3 Å². The molecule has 2 aliphatic heterocycles. The van der Waals surface area contributed by atoms with Crippen molar-refractivity contribution in [2.45, 2.75) is 191 Å². The summed E-state index contributed by atoms with van der Waals surface area (Å²) in [7, 11) is -5.06. The molecular formula is C54H82N11O22P. The van der Waals surface area contributed by atoms with Crippen LogP contribution in [-0.4, -0.2) is 196 Å². The number of carboxylic acids is 4. The molecule has 10 amide bonds. The first-order valence-corrected chi connectivity index (χ1v) is 30.2. The fourth-order valence-corrected chi connectivity index (χ4v) is 10.0. The first kappa shape index (κ1) is 74.0. The van der Waals surface area contributed by atoms with Gasteiger partial charge in [0.25, 0.3) is 0 Å². The third kappa shape index (κ3) is 23.8. The second kappa shape index (κ2) is 34.9. The number of carboxylic acid groups (broad SMARTS) is 4. The highest BCUT2D eigenvalue weighted by Gasteiger charge is 2.43. The van der Waals surface area contributed by atoms with Gasteiger partial charge in [-0.05, 0) is 87.8 Å². The number of nitrogens with one attached hydrogen (secondary N) is 7. The van der Waals surface area contributed by atoms with Crippen LogP contribution in [0.25, 0.3) is 0 Å². The maximum Gasteiger partial charge on any atom is 0.524 e. The maximum atomic E-state index is 14.6. The van der Waals surface area contributed by atoms with Gasteiger partial charge in [-0.3, -0.25) is 76.9 Å². The van der Waals surface area contributed by atoms with Gasteiger partial charge in [-0.2, -0.15) is 0 Å². The fraction of sp³-hybridized carbons (Fsp3) is 0.630. The molecule has 0 radical (unpaired) electrons. The van der Waals surface area contributed by atoms with Gasteiger partial charge < -0.3 is 83.4 Å². The van der Waals surface area contributed by atoms with E-state index >= 15 is 0 Å². The largest absolute Gasteiger partial charge is 0.524 e. The number of nitrogens with two attached hydrogens (primary N) is 2. The second-order valence-corrected chi connectivity index (χ2v) is 22.9. The topological polar surface area (TPSA) is 529 Å². The average molecular weight is 1270 g/mol. The van der Waals surface area contributed by atoms with E-state index < -0.39 is 214 Å². The summed E-state index contributed by atoms with van der Waals surface area (Å²) in [6, 6.07) is -10.3. The normalized spacial score (nSPS) is 18.2. The Morgan fingerprint density at radius 1 is 0.557 bits per heavy atom. The number of rotatable bonds is 37. The van der Waals surface area contributed by atoms with Gasteiger partial charge in [0.05, 0.1) is 6.04 Å². The third-order valence-corrected chi connectivity index (χ3v) is 15.5. The van der Waals surface area contributed by atoms with Gasteiger partial charge in [0.2, 0.25) is 59.1 Å². The summed E-state index contributed by atoms with van der Waals surface area (Å²) in [5, 5.41) is 55.1. The van der Waals surface area contributed by atoms with Crippen molar-refractivity contribution in [2.24, 2.45) is 23.3 Å². The van der Waals surface area contributed by atoms with Gasteiger partial charge >= 0.3 is 31.7 Å². The van der Waals surface area contributed by atoms with Crippen LogP contribution in [0.1, 0.15) is 130 Å². The van der Waals surface area contributed by atoms with E-state index in [0.717, 1.165) is 17.0 Å². The van der Waals surface area contributed by atoms with E-state index in [0.29, 0.717) is 19.3 Å². The predicted molar refractivity (Wildman–Crippen MR) is 305 cm³/mol. The summed E-state index contributed by atoms with van der Waals surface area (Å²) < 4.78 is 16.1. The van der Waals surface area contributed by atoms with Crippen molar-refractivity contribution in [1.29, 1.82) is 0 Å². The molecule has 88 heavy (non-hydrogen) atoms. The lowest BCUT2D eigenvalue weighted by atomic mass is 9.96. The first-order valence-electron chi connectivity index (χ1n) is 28.7. The molecule has 3 rings (SSSR count). The SMILES string of the molecule is CC[C@H](C)[C@H](NC(=O)[C@@H]1CCCN1C(=O)[C@@H](NC(=O)[C@H](CCC(=O)O)NC(=O)[C@H](CCC(=O)O)NC(=O)[C@H](Cc1ccc(OP(=O)(O)O)cc1)NC(=O)[C@H](CCC(N)=O)NC(=O)[C@@H]1CCCN1C(=O)[C@@H](N)CCC(=O)O)[C@@H](C)CC)C(=O)N[C@@H](C)C(=O)O. The Labute approximate surface area is 506 Å². The van der Waals surface area contributed by atoms with E-state index in [9.17, 15) is 96.8 Å². The van der Waals surface area contributed by atoms with Crippen molar-refractivity contribution >= 4 is 90.8 Å². The molecule has 2 fully saturated rings. The number of aliphatic carboxylic acids is 4. The molecule has 1 aromatic carbocycles. The highest BCUT2D eigenvalue weighted by molar-refractivity contribution is 7.46. The Kier molecular flexibility index (Phi) is 29.3. The van der Waals surface area contributed by atoms with Crippen molar-refractivity contribution < 1.29 is 106 Å². The van der Waals surface area contributed by atoms with Crippen LogP contribution in [-0.2, 0) is 78.1 Å². The number of phosphoric ester groups is 1. The number of phosphoric acid groups is 1. The number of likely N-dealkylation sites (tertiary alicyclic amines) is 2. The summed E-state index contributed by atoms with van der Waals surface area (Å²) in [4.78, 5) is 206. The summed E-state index contributed by atoms with van der Waals surface area (Å²) in [5.74, 6) is -16.7. The highest BCUT2D eigenvalue weighted by Crippen LogP contribution is 2.37. The predicted octanol–water partition coefficient (Wildman–Crippen LogP) is -2.54. The van der Waals surface area contributed by atoms with Gasteiger partial charge in [-0.15, -0.1) is 0 Å². The Morgan fingerprint density at radius 2 is 0.977 bits per heavy atom. The lowest BCUT2D eigenvalue weighted by molar-refractivity contribution is -0.144. The minimum atomic E-state index is -5.06. The van der Waals surface area contributed by atoms with Crippen molar-refractivity contribution in [3.63, 3.8) is 0 Å². The zero-order valence-corrected chi connectivity index (χ0v) is 50.4. The van der Waals surface area contributed by atoms with Crippen LogP contribution >= 0.6 is 7.82 Å². The molecule has 34 heteroatoms. The van der Waals surface area contributed by atoms with Crippen molar-refractivity contribution in [3.8, 4) is 5.75 Å². The zero-order valence-electron chi connectivity index (χ0n) is 49.5. The van der Waals surface area contributed by atoms with E-state index in [2.05, 4.69) is 41.7 Å². The van der Waals surface area contributed by atoms with Crippen LogP contribution in [0, 0.1) is 11.8 Å². The number of carbonyl (C=O) groups excluding carboxylic acids is 10. The number of nitrogens with zero attached hydrogens (tertiary/aromatic N) is 2. The molecule has 490 valence electrons. The van der Waals surface area contributed by atoms with Gasteiger partial charge in [-0.1, -0.05) is 52.7 Å². The third-order valence-electron chi connectivity index (χ3n) is 15.1. The Bertz CT molecular complexity index is 2770. The molecule has 17 N–H and O–H groups in total. The van der Waals surface area contributed by atoms with E-state index in [4.69, 9.17) is 16.6 Å². The van der Waals surface area contributed by atoms with Gasteiger partial charge in [0.1, 0.15) is 60.1 Å². The van der Waals surface area contributed by atoms with Crippen LogP contribution in [0.4, 0.5) is 0 Å². The molecule has 12 atom stereocenters. The molecule has 0 unspecified atom stereocenters. The molecule has 0 aliphatic carbocycles. The summed E-state index contributed by atoms with van der Waals surface area (Å²) in [6.07, 6.45) is -3.83. The van der Waals surface area contributed by atoms with Crippen LogP contribution < -0.4 is 53.2 Å². The smallest absolute Gasteiger partial charge is 0.481 e. The molecular weight excluding hydrogens is 1190 g/mol. The van der Waals surface area contributed by atoms with Crippen molar-refractivity contribution in [3.05, 3.63) is 29.8 Å². The molecule has 2 heterocycles. The molecule has 0 aromatic heterocycles. The average Bonchev–Trinajstić information content (AvgIpc) is 1.85. The number of hydrogen-bond donors (Lipinski definition) is 15. The number of carbonyl (C=O) groups is 14. The van der Waals surface area contributed by atoms with E-state index in [-0.39, 0.29) is 50.1 Å². The summed E-state index contributed by atoms with van der Waals surface area (Å²) >= 11 is 0. The molecule has 0 spiro atoms. The number of hydrogen-bond acceptors (Lipinski definition) is 17. The Morgan fingerprint density at radius 3 is 1.44 bits per heavy atom. The minimum Gasteiger partial charge on any atom is -0.481 e.